The van der Waals surface area contributed by atoms with Crippen molar-refractivity contribution in [2.24, 2.45) is 0 Å². The van der Waals surface area contributed by atoms with Crippen molar-refractivity contribution in [1.29, 1.82) is 0 Å². The molecule has 0 aliphatic heterocycles. The van der Waals surface area contributed by atoms with Gasteiger partial charge in [-0.2, -0.15) is 5.10 Å². The number of rotatable bonds is 4. The van der Waals surface area contributed by atoms with Gasteiger partial charge in [-0.15, -0.1) is 0 Å². The molecule has 6 nitrogen and oxygen atoms in total. The molecule has 3 aromatic carbocycles. The number of H-pyrrole nitrogens is 1. The van der Waals surface area contributed by atoms with Crippen molar-refractivity contribution in [2.45, 2.75) is 0 Å². The Bertz CT molecular complexity index is 1240. The molecule has 29 heavy (non-hydrogen) atoms. The SMILES string of the molecule is O=C(Nc1cc(F)ccc1C(=O)Nc1ccc2[nH]ncc2c1)c1cccc(Br)c1. The van der Waals surface area contributed by atoms with Crippen LogP contribution in [0.4, 0.5) is 15.8 Å². The van der Waals surface area contributed by atoms with Crippen LogP contribution in [-0.4, -0.2) is 22.0 Å². The number of hydrogen-bond acceptors (Lipinski definition) is 3. The second-order valence-corrected chi connectivity index (χ2v) is 7.20. The molecule has 4 aromatic rings. The van der Waals surface area contributed by atoms with Gasteiger partial charge >= 0.3 is 0 Å². The third-order valence-corrected chi connectivity index (χ3v) is 4.75. The molecule has 0 aliphatic carbocycles. The van der Waals surface area contributed by atoms with Crippen LogP contribution in [0, 0.1) is 5.82 Å². The Kier molecular flexibility index (Phi) is 5.09. The van der Waals surface area contributed by atoms with Gasteiger partial charge in [-0.1, -0.05) is 22.0 Å². The van der Waals surface area contributed by atoms with E-state index in [9.17, 15) is 14.0 Å². The highest BCUT2D eigenvalue weighted by Gasteiger charge is 2.16. The van der Waals surface area contributed by atoms with E-state index in [-0.39, 0.29) is 11.3 Å². The van der Waals surface area contributed by atoms with E-state index in [4.69, 9.17) is 0 Å². The van der Waals surface area contributed by atoms with Crippen LogP contribution >= 0.6 is 15.9 Å². The van der Waals surface area contributed by atoms with E-state index < -0.39 is 17.6 Å². The summed E-state index contributed by atoms with van der Waals surface area (Å²) < 4.78 is 14.5. The maximum absolute atomic E-state index is 13.8. The minimum absolute atomic E-state index is 0.0804. The van der Waals surface area contributed by atoms with Gasteiger partial charge in [-0.05, 0) is 54.6 Å². The molecule has 0 radical (unpaired) electrons. The number of benzene rings is 3. The summed E-state index contributed by atoms with van der Waals surface area (Å²) in [6.07, 6.45) is 1.65. The van der Waals surface area contributed by atoms with Crippen LogP contribution < -0.4 is 10.6 Å². The van der Waals surface area contributed by atoms with Crippen molar-refractivity contribution in [1.82, 2.24) is 10.2 Å². The summed E-state index contributed by atoms with van der Waals surface area (Å²) in [5.74, 6) is -1.49. The molecular weight excluding hydrogens is 439 g/mol. The zero-order chi connectivity index (χ0) is 20.4. The van der Waals surface area contributed by atoms with Crippen molar-refractivity contribution in [2.75, 3.05) is 10.6 Å². The number of aromatic amines is 1. The smallest absolute Gasteiger partial charge is 0.257 e. The normalized spacial score (nSPS) is 10.7. The van der Waals surface area contributed by atoms with Crippen LogP contribution in [0.5, 0.6) is 0 Å². The lowest BCUT2D eigenvalue weighted by Gasteiger charge is -2.12. The standard InChI is InChI=1S/C21H14BrFN4O2/c22-14-3-1-2-12(8-14)20(28)26-19-10-15(23)4-6-17(19)21(29)25-16-5-7-18-13(9-16)11-24-27-18/h1-11H,(H,24,27)(H,25,29)(H,26,28). The van der Waals surface area contributed by atoms with Crippen LogP contribution in [-0.2, 0) is 0 Å². The van der Waals surface area contributed by atoms with Gasteiger partial charge in [0, 0.05) is 21.1 Å². The summed E-state index contributed by atoms with van der Waals surface area (Å²) in [7, 11) is 0. The van der Waals surface area contributed by atoms with Crippen LogP contribution in [0.2, 0.25) is 0 Å². The van der Waals surface area contributed by atoms with E-state index in [1.165, 1.54) is 12.1 Å². The van der Waals surface area contributed by atoms with Crippen molar-refractivity contribution < 1.29 is 14.0 Å². The van der Waals surface area contributed by atoms with Gasteiger partial charge < -0.3 is 10.6 Å². The van der Waals surface area contributed by atoms with Gasteiger partial charge in [0.15, 0.2) is 0 Å². The summed E-state index contributed by atoms with van der Waals surface area (Å²) in [6, 6.07) is 15.7. The number of halogens is 2. The molecule has 0 unspecified atom stereocenters. The van der Waals surface area contributed by atoms with E-state index in [1.807, 2.05) is 0 Å². The van der Waals surface area contributed by atoms with Crippen LogP contribution in [0.3, 0.4) is 0 Å². The second-order valence-electron chi connectivity index (χ2n) is 6.28. The molecule has 2 amide bonds. The average Bonchev–Trinajstić information content (AvgIpc) is 3.16. The number of nitrogens with zero attached hydrogens (tertiary/aromatic N) is 1. The lowest BCUT2D eigenvalue weighted by molar-refractivity contribution is 0.102. The topological polar surface area (TPSA) is 86.9 Å². The molecule has 0 saturated carbocycles. The zero-order valence-electron chi connectivity index (χ0n) is 14.9. The molecule has 0 bridgehead atoms. The van der Waals surface area contributed by atoms with Gasteiger partial charge in [-0.3, -0.25) is 14.7 Å². The predicted molar refractivity (Wildman–Crippen MR) is 113 cm³/mol. The second kappa shape index (κ2) is 7.84. The maximum Gasteiger partial charge on any atom is 0.257 e. The summed E-state index contributed by atoms with van der Waals surface area (Å²) >= 11 is 3.31. The van der Waals surface area contributed by atoms with Crippen molar-refractivity contribution in [3.8, 4) is 0 Å². The lowest BCUT2D eigenvalue weighted by atomic mass is 10.1. The highest BCUT2D eigenvalue weighted by molar-refractivity contribution is 9.10. The monoisotopic (exact) mass is 452 g/mol. The Morgan fingerprint density at radius 1 is 0.966 bits per heavy atom. The summed E-state index contributed by atoms with van der Waals surface area (Å²) in [5.41, 5.74) is 1.99. The van der Waals surface area contributed by atoms with E-state index in [0.29, 0.717) is 11.3 Å². The molecule has 0 fully saturated rings. The lowest BCUT2D eigenvalue weighted by Crippen LogP contribution is -2.18. The fourth-order valence-electron chi connectivity index (χ4n) is 2.86. The van der Waals surface area contributed by atoms with Crippen molar-refractivity contribution in [3.63, 3.8) is 0 Å². The molecule has 0 spiro atoms. The third kappa shape index (κ3) is 4.17. The quantitative estimate of drug-likeness (QED) is 0.408. The minimum atomic E-state index is -0.564. The highest BCUT2D eigenvalue weighted by Crippen LogP contribution is 2.22. The molecule has 1 aromatic heterocycles. The Morgan fingerprint density at radius 3 is 2.66 bits per heavy atom. The molecule has 3 N–H and O–H groups in total. The predicted octanol–water partition coefficient (Wildman–Crippen LogP) is 4.97. The zero-order valence-corrected chi connectivity index (χ0v) is 16.5. The fourth-order valence-corrected chi connectivity index (χ4v) is 3.26. The van der Waals surface area contributed by atoms with Gasteiger partial charge in [0.2, 0.25) is 0 Å². The molecule has 144 valence electrons. The summed E-state index contributed by atoms with van der Waals surface area (Å²) in [4.78, 5) is 25.3. The van der Waals surface area contributed by atoms with Gasteiger partial charge in [0.05, 0.1) is 23.0 Å². The number of anilines is 2. The van der Waals surface area contributed by atoms with E-state index in [0.717, 1.165) is 21.4 Å². The first-order chi connectivity index (χ1) is 14.0. The number of hydrogen-bond donors (Lipinski definition) is 3. The number of fused-ring (bicyclic) bond motifs is 1. The van der Waals surface area contributed by atoms with Crippen LogP contribution in [0.15, 0.2) is 71.3 Å². The number of aromatic nitrogens is 2. The Balaban J connectivity index is 1.60. The maximum atomic E-state index is 13.8. The Hall–Kier alpha value is -3.52. The van der Waals surface area contributed by atoms with Crippen molar-refractivity contribution in [3.05, 3.63) is 88.3 Å². The third-order valence-electron chi connectivity index (χ3n) is 4.26. The number of amides is 2. The number of carbonyl (C=O) groups is 2. The number of carbonyl (C=O) groups excluding carboxylic acids is 2. The molecular formula is C21H14BrFN4O2. The summed E-state index contributed by atoms with van der Waals surface area (Å²) in [6.45, 7) is 0. The molecule has 8 heteroatoms. The first-order valence-corrected chi connectivity index (χ1v) is 9.40. The van der Waals surface area contributed by atoms with Gasteiger partial charge in [0.1, 0.15) is 5.82 Å². The molecule has 4 rings (SSSR count). The highest BCUT2D eigenvalue weighted by atomic mass is 79.9. The molecule has 0 saturated heterocycles. The first kappa shape index (κ1) is 18.8. The van der Waals surface area contributed by atoms with Crippen LogP contribution in [0.1, 0.15) is 20.7 Å². The fraction of sp³-hybridized carbons (Fsp3) is 0. The Labute approximate surface area is 173 Å². The largest absolute Gasteiger partial charge is 0.322 e. The molecule has 0 atom stereocenters. The van der Waals surface area contributed by atoms with E-state index in [1.54, 1.807) is 48.7 Å². The van der Waals surface area contributed by atoms with Crippen LogP contribution in [0.25, 0.3) is 10.9 Å². The first-order valence-electron chi connectivity index (χ1n) is 8.60. The molecule has 1 heterocycles. The number of nitrogens with one attached hydrogen (secondary N) is 3. The molecule has 0 aliphatic rings. The van der Waals surface area contributed by atoms with Gasteiger partial charge in [0.25, 0.3) is 11.8 Å². The van der Waals surface area contributed by atoms with E-state index in [2.05, 4.69) is 36.8 Å². The Morgan fingerprint density at radius 2 is 1.83 bits per heavy atom. The van der Waals surface area contributed by atoms with Gasteiger partial charge in [-0.25, -0.2) is 4.39 Å². The summed E-state index contributed by atoms with van der Waals surface area (Å²) in [5, 5.41) is 13.0. The van der Waals surface area contributed by atoms with Crippen molar-refractivity contribution >= 4 is 50.0 Å². The minimum Gasteiger partial charge on any atom is -0.322 e. The van der Waals surface area contributed by atoms with E-state index >= 15 is 0 Å². The average molecular weight is 453 g/mol.